The molecule has 2 heterocycles. The van der Waals surface area contributed by atoms with E-state index in [-0.39, 0.29) is 11.7 Å². The number of benzene rings is 1. The Morgan fingerprint density at radius 1 is 0.920 bits per heavy atom. The molecule has 0 radical (unpaired) electrons. The van der Waals surface area contributed by atoms with Crippen LogP contribution in [-0.4, -0.2) is 49.4 Å². The molecular weight excluding hydrogens is 320 g/mol. The Bertz CT molecular complexity index is 821. The maximum absolute atomic E-state index is 11.9. The van der Waals surface area contributed by atoms with Crippen LogP contribution in [0.25, 0.3) is 23.0 Å². The Hall–Kier alpha value is -3.33. The minimum Gasteiger partial charge on any atom is -0.352 e. The lowest BCUT2D eigenvalue weighted by molar-refractivity contribution is 0.0953. The Balaban J connectivity index is 1.71. The smallest absolute Gasteiger partial charge is 0.251 e. The molecule has 9 nitrogen and oxygen atoms in total. The zero-order chi connectivity index (χ0) is 17.5. The van der Waals surface area contributed by atoms with Gasteiger partial charge in [0.2, 0.25) is 17.5 Å². The summed E-state index contributed by atoms with van der Waals surface area (Å²) in [5.74, 6) is 0.822. The van der Waals surface area contributed by atoms with E-state index in [1.807, 2.05) is 0 Å². The molecule has 126 valence electrons. The van der Waals surface area contributed by atoms with Gasteiger partial charge in [0.25, 0.3) is 5.91 Å². The highest BCUT2D eigenvalue weighted by Crippen LogP contribution is 2.15. The second-order valence-corrected chi connectivity index (χ2v) is 5.10. The fraction of sp³-hybridized carbons (Fsp3) is 0.188. The molecule has 3 aromatic rings. The number of amides is 1. The van der Waals surface area contributed by atoms with Crippen LogP contribution in [0.15, 0.2) is 42.7 Å². The number of carbonyl (C=O) groups excluding carboxylic acids is 1. The summed E-state index contributed by atoms with van der Waals surface area (Å²) in [4.78, 5) is 20.0. The minimum atomic E-state index is -0.145. The highest BCUT2D eigenvalue weighted by Gasteiger charge is 2.09. The lowest BCUT2D eigenvalue weighted by atomic mass is 10.1. The average Bonchev–Trinajstić information content (AvgIpc) is 2.69. The third kappa shape index (κ3) is 4.15. The molecule has 0 fully saturated rings. The molecule has 0 aliphatic rings. The van der Waals surface area contributed by atoms with Crippen molar-refractivity contribution in [2.75, 3.05) is 13.1 Å². The molecule has 3 N–H and O–H groups in total. The Labute approximate surface area is 143 Å². The average molecular weight is 336 g/mol. The van der Waals surface area contributed by atoms with E-state index in [9.17, 15) is 4.79 Å². The van der Waals surface area contributed by atoms with Crippen LogP contribution in [0.3, 0.4) is 0 Å². The molecule has 0 saturated heterocycles. The molecule has 0 saturated carbocycles. The molecular formula is C16H16N8O. The normalized spacial score (nSPS) is 10.4. The van der Waals surface area contributed by atoms with Gasteiger partial charge in [0, 0.05) is 30.1 Å². The van der Waals surface area contributed by atoms with Gasteiger partial charge in [-0.25, -0.2) is 9.97 Å². The quantitative estimate of drug-likeness (QED) is 0.621. The standard InChI is InChI=1S/C16H16N8O/c17-7-1-8-20-16(25)12-5-3-11(4-6-12)13-21-23-15(24-22-13)14-18-9-2-10-19-14/h2-6,9-10H,1,7-8,17H2,(H,20,25). The third-order valence-electron chi connectivity index (χ3n) is 3.32. The number of hydrogen-bond acceptors (Lipinski definition) is 8. The number of nitrogens with two attached hydrogens (primary N) is 1. The zero-order valence-corrected chi connectivity index (χ0v) is 13.3. The second-order valence-electron chi connectivity index (χ2n) is 5.10. The van der Waals surface area contributed by atoms with Gasteiger partial charge in [0.15, 0.2) is 0 Å². The topological polar surface area (TPSA) is 132 Å². The molecule has 0 spiro atoms. The minimum absolute atomic E-state index is 0.145. The predicted molar refractivity (Wildman–Crippen MR) is 90.1 cm³/mol. The molecule has 0 aliphatic carbocycles. The molecule has 0 bridgehead atoms. The highest BCUT2D eigenvalue weighted by atomic mass is 16.1. The van der Waals surface area contributed by atoms with Crippen LogP contribution in [-0.2, 0) is 0 Å². The van der Waals surface area contributed by atoms with E-state index in [2.05, 4.69) is 35.7 Å². The van der Waals surface area contributed by atoms with Crippen molar-refractivity contribution in [3.63, 3.8) is 0 Å². The van der Waals surface area contributed by atoms with Gasteiger partial charge >= 0.3 is 0 Å². The maximum atomic E-state index is 11.9. The van der Waals surface area contributed by atoms with E-state index in [1.54, 1.807) is 42.7 Å². The predicted octanol–water partition coefficient (Wildman–Crippen LogP) is 0.469. The molecule has 2 aromatic heterocycles. The molecule has 0 unspecified atom stereocenters. The maximum Gasteiger partial charge on any atom is 0.251 e. The zero-order valence-electron chi connectivity index (χ0n) is 13.3. The van der Waals surface area contributed by atoms with Crippen molar-refractivity contribution in [2.45, 2.75) is 6.42 Å². The summed E-state index contributed by atoms with van der Waals surface area (Å²) >= 11 is 0. The molecule has 25 heavy (non-hydrogen) atoms. The van der Waals surface area contributed by atoms with Gasteiger partial charge in [0.05, 0.1) is 0 Å². The van der Waals surface area contributed by atoms with Crippen LogP contribution in [0.4, 0.5) is 0 Å². The van der Waals surface area contributed by atoms with Crippen molar-refractivity contribution in [3.05, 3.63) is 48.3 Å². The fourth-order valence-electron chi connectivity index (χ4n) is 2.03. The summed E-state index contributed by atoms with van der Waals surface area (Å²) in [6, 6.07) is 8.59. The molecule has 1 amide bonds. The Kier molecular flexibility index (Phi) is 5.27. The number of nitrogens with one attached hydrogen (secondary N) is 1. The molecule has 0 atom stereocenters. The number of carbonyl (C=O) groups is 1. The van der Waals surface area contributed by atoms with E-state index in [0.717, 1.165) is 6.42 Å². The van der Waals surface area contributed by atoms with Gasteiger partial charge in [-0.2, -0.15) is 0 Å². The summed E-state index contributed by atoms with van der Waals surface area (Å²) < 4.78 is 0. The van der Waals surface area contributed by atoms with Gasteiger partial charge < -0.3 is 11.1 Å². The SMILES string of the molecule is NCCCNC(=O)c1ccc(-c2nnc(-c3ncccn3)nn2)cc1. The summed E-state index contributed by atoms with van der Waals surface area (Å²) in [7, 11) is 0. The van der Waals surface area contributed by atoms with Crippen molar-refractivity contribution in [1.29, 1.82) is 0 Å². The molecule has 0 aliphatic heterocycles. The van der Waals surface area contributed by atoms with Gasteiger partial charge in [-0.05, 0) is 31.2 Å². The van der Waals surface area contributed by atoms with Gasteiger partial charge in [-0.15, -0.1) is 20.4 Å². The first kappa shape index (κ1) is 16.5. The van der Waals surface area contributed by atoms with Crippen molar-refractivity contribution >= 4 is 5.91 Å². The van der Waals surface area contributed by atoms with Crippen LogP contribution in [0.2, 0.25) is 0 Å². The van der Waals surface area contributed by atoms with Crippen LogP contribution in [0.5, 0.6) is 0 Å². The summed E-state index contributed by atoms with van der Waals surface area (Å²) in [6.45, 7) is 1.09. The van der Waals surface area contributed by atoms with Gasteiger partial charge in [-0.3, -0.25) is 4.79 Å². The fourth-order valence-corrected chi connectivity index (χ4v) is 2.03. The Morgan fingerprint density at radius 2 is 1.56 bits per heavy atom. The summed E-state index contributed by atoms with van der Waals surface area (Å²) in [6.07, 6.45) is 3.93. The first-order valence-electron chi connectivity index (χ1n) is 7.71. The molecule has 3 rings (SSSR count). The summed E-state index contributed by atoms with van der Waals surface area (Å²) in [5.41, 5.74) is 6.66. The number of aromatic nitrogens is 6. The number of rotatable bonds is 6. The van der Waals surface area contributed by atoms with Gasteiger partial charge in [-0.1, -0.05) is 12.1 Å². The number of nitrogens with zero attached hydrogens (tertiary/aromatic N) is 6. The first-order chi connectivity index (χ1) is 12.3. The van der Waals surface area contributed by atoms with Crippen molar-refractivity contribution in [2.24, 2.45) is 5.73 Å². The van der Waals surface area contributed by atoms with Gasteiger partial charge in [0.1, 0.15) is 0 Å². The second kappa shape index (κ2) is 7.97. The largest absolute Gasteiger partial charge is 0.352 e. The highest BCUT2D eigenvalue weighted by molar-refractivity contribution is 5.94. The van der Waals surface area contributed by atoms with E-state index in [0.29, 0.717) is 35.9 Å². The van der Waals surface area contributed by atoms with Crippen molar-refractivity contribution in [3.8, 4) is 23.0 Å². The molecule has 1 aromatic carbocycles. The lowest BCUT2D eigenvalue weighted by Gasteiger charge is -2.05. The molecule has 9 heteroatoms. The van der Waals surface area contributed by atoms with Crippen molar-refractivity contribution < 1.29 is 4.79 Å². The van der Waals surface area contributed by atoms with Crippen molar-refractivity contribution in [1.82, 2.24) is 35.7 Å². The van der Waals surface area contributed by atoms with E-state index < -0.39 is 0 Å². The monoisotopic (exact) mass is 336 g/mol. The first-order valence-corrected chi connectivity index (χ1v) is 7.71. The number of hydrogen-bond donors (Lipinski definition) is 2. The van der Waals surface area contributed by atoms with Crippen LogP contribution >= 0.6 is 0 Å². The van der Waals surface area contributed by atoms with Crippen LogP contribution < -0.4 is 11.1 Å². The van der Waals surface area contributed by atoms with Crippen LogP contribution in [0, 0.1) is 0 Å². The van der Waals surface area contributed by atoms with E-state index in [1.165, 1.54) is 0 Å². The lowest BCUT2D eigenvalue weighted by Crippen LogP contribution is -2.25. The van der Waals surface area contributed by atoms with E-state index in [4.69, 9.17) is 5.73 Å². The third-order valence-corrected chi connectivity index (χ3v) is 3.32. The Morgan fingerprint density at radius 3 is 2.20 bits per heavy atom. The van der Waals surface area contributed by atoms with E-state index >= 15 is 0 Å². The summed E-state index contributed by atoms with van der Waals surface area (Å²) in [5, 5.41) is 18.9. The van der Waals surface area contributed by atoms with Crippen LogP contribution in [0.1, 0.15) is 16.8 Å².